The molecular formula is C12H13BClF4N. The quantitative estimate of drug-likeness (QED) is 0.317. The predicted octanol–water partition coefficient (Wildman–Crippen LogP) is 4.41. The topological polar surface area (TPSA) is 3.88 Å². The van der Waals surface area contributed by atoms with Crippen molar-refractivity contribution in [2.24, 2.45) is 0 Å². The van der Waals surface area contributed by atoms with Crippen molar-refractivity contribution < 1.29 is 21.8 Å². The SMILES string of the molecule is CC[n+]1c(Cl)cc(C)c2ccccc21.F[B-](F)(F)F. The minimum absolute atomic E-state index is 0.809. The number of pyridine rings is 1. The van der Waals surface area contributed by atoms with Crippen LogP contribution < -0.4 is 4.57 Å². The molecule has 0 amide bonds. The van der Waals surface area contributed by atoms with E-state index in [1.54, 1.807) is 0 Å². The van der Waals surface area contributed by atoms with Gasteiger partial charge in [0, 0.05) is 17.5 Å². The Morgan fingerprint density at radius 3 is 2.21 bits per heavy atom. The van der Waals surface area contributed by atoms with Gasteiger partial charge in [0.2, 0.25) is 5.52 Å². The zero-order valence-electron chi connectivity index (χ0n) is 10.5. The number of benzene rings is 1. The second-order valence-corrected chi connectivity index (χ2v) is 4.29. The molecule has 104 valence electrons. The second-order valence-electron chi connectivity index (χ2n) is 3.91. The minimum Gasteiger partial charge on any atom is -0.418 e. The number of aromatic nitrogens is 1. The van der Waals surface area contributed by atoms with Crippen LogP contribution in [0, 0.1) is 6.92 Å². The van der Waals surface area contributed by atoms with E-state index in [0.29, 0.717) is 0 Å². The van der Waals surface area contributed by atoms with Gasteiger partial charge in [-0.1, -0.05) is 12.1 Å². The van der Waals surface area contributed by atoms with Crippen LogP contribution in [0.1, 0.15) is 12.5 Å². The van der Waals surface area contributed by atoms with Gasteiger partial charge >= 0.3 is 7.25 Å². The van der Waals surface area contributed by atoms with Crippen LogP contribution in [0.2, 0.25) is 5.15 Å². The first-order chi connectivity index (χ1) is 8.74. The van der Waals surface area contributed by atoms with Crippen LogP contribution in [0.15, 0.2) is 30.3 Å². The molecule has 0 saturated heterocycles. The first-order valence-corrected chi connectivity index (χ1v) is 6.07. The van der Waals surface area contributed by atoms with Crippen molar-refractivity contribution in [2.75, 3.05) is 0 Å². The molecule has 0 spiro atoms. The Morgan fingerprint density at radius 1 is 1.16 bits per heavy atom. The number of hydrogen-bond donors (Lipinski definition) is 0. The Morgan fingerprint density at radius 2 is 1.68 bits per heavy atom. The van der Waals surface area contributed by atoms with E-state index in [4.69, 9.17) is 11.6 Å². The molecule has 0 unspecified atom stereocenters. The average molecular weight is 294 g/mol. The summed E-state index contributed by atoms with van der Waals surface area (Å²) in [5.41, 5.74) is 2.44. The Balaban J connectivity index is 0.000000312. The van der Waals surface area contributed by atoms with Crippen LogP contribution in [0.25, 0.3) is 10.9 Å². The highest BCUT2D eigenvalue weighted by atomic mass is 35.5. The lowest BCUT2D eigenvalue weighted by molar-refractivity contribution is -0.665. The van der Waals surface area contributed by atoms with Crippen molar-refractivity contribution in [2.45, 2.75) is 20.4 Å². The molecule has 0 N–H and O–H groups in total. The highest BCUT2D eigenvalue weighted by Gasteiger charge is 2.20. The number of hydrogen-bond acceptors (Lipinski definition) is 0. The second kappa shape index (κ2) is 6.24. The van der Waals surface area contributed by atoms with Crippen molar-refractivity contribution in [3.05, 3.63) is 41.0 Å². The molecule has 1 heterocycles. The van der Waals surface area contributed by atoms with Crippen molar-refractivity contribution in [1.82, 2.24) is 0 Å². The summed E-state index contributed by atoms with van der Waals surface area (Å²) in [6.45, 7) is 5.10. The molecule has 0 aliphatic heterocycles. The number of para-hydroxylation sites is 1. The summed E-state index contributed by atoms with van der Waals surface area (Å²) in [6, 6.07) is 10.4. The molecule has 19 heavy (non-hydrogen) atoms. The van der Waals surface area contributed by atoms with Crippen molar-refractivity contribution in [1.29, 1.82) is 0 Å². The lowest BCUT2D eigenvalue weighted by atomic mass is 10.1. The molecule has 0 aliphatic rings. The summed E-state index contributed by atoms with van der Waals surface area (Å²) in [5.74, 6) is 0. The van der Waals surface area contributed by atoms with E-state index in [-0.39, 0.29) is 0 Å². The van der Waals surface area contributed by atoms with E-state index in [1.807, 2.05) is 12.1 Å². The van der Waals surface area contributed by atoms with Gasteiger partial charge in [0.05, 0.1) is 0 Å². The first kappa shape index (κ1) is 15.8. The Bertz CT molecular complexity index is 565. The van der Waals surface area contributed by atoms with Gasteiger partial charge < -0.3 is 17.3 Å². The van der Waals surface area contributed by atoms with Crippen molar-refractivity contribution in [3.63, 3.8) is 0 Å². The number of aryl methyl sites for hydroxylation is 2. The van der Waals surface area contributed by atoms with Crippen molar-refractivity contribution >= 4 is 29.8 Å². The normalized spacial score (nSPS) is 11.1. The summed E-state index contributed by atoms with van der Waals surface area (Å²) < 4.78 is 41.1. The fraction of sp³-hybridized carbons (Fsp3) is 0.250. The molecule has 2 rings (SSSR count). The van der Waals surface area contributed by atoms with E-state index >= 15 is 0 Å². The maximum Gasteiger partial charge on any atom is 0.673 e. The maximum atomic E-state index is 9.75. The number of nitrogens with zero attached hydrogens (tertiary/aromatic N) is 1. The smallest absolute Gasteiger partial charge is 0.418 e. The monoisotopic (exact) mass is 293 g/mol. The summed E-state index contributed by atoms with van der Waals surface area (Å²) in [6.07, 6.45) is 0. The average Bonchev–Trinajstić information content (AvgIpc) is 2.27. The molecule has 0 bridgehead atoms. The largest absolute Gasteiger partial charge is 0.673 e. The zero-order chi connectivity index (χ0) is 14.6. The first-order valence-electron chi connectivity index (χ1n) is 5.69. The molecule has 1 aromatic carbocycles. The minimum atomic E-state index is -6.00. The number of fused-ring (bicyclic) bond motifs is 1. The maximum absolute atomic E-state index is 9.75. The van der Waals surface area contributed by atoms with E-state index in [9.17, 15) is 17.3 Å². The van der Waals surface area contributed by atoms with E-state index < -0.39 is 7.25 Å². The number of rotatable bonds is 1. The molecule has 1 aromatic heterocycles. The molecule has 1 nitrogen and oxygen atoms in total. The van der Waals surface area contributed by atoms with Gasteiger partial charge in [0.15, 0.2) is 0 Å². The van der Waals surface area contributed by atoms with Crippen LogP contribution in [0.5, 0.6) is 0 Å². The molecule has 2 aromatic rings. The fourth-order valence-corrected chi connectivity index (χ4v) is 2.19. The van der Waals surface area contributed by atoms with Gasteiger partial charge in [-0.2, -0.15) is 4.57 Å². The summed E-state index contributed by atoms with van der Waals surface area (Å²) >= 11 is 6.17. The van der Waals surface area contributed by atoms with Gasteiger partial charge in [0.1, 0.15) is 6.54 Å². The molecule has 0 fully saturated rings. The molecule has 0 atom stereocenters. The third-order valence-electron chi connectivity index (χ3n) is 2.53. The summed E-state index contributed by atoms with van der Waals surface area (Å²) in [4.78, 5) is 0. The predicted molar refractivity (Wildman–Crippen MR) is 69.8 cm³/mol. The van der Waals surface area contributed by atoms with Gasteiger partial charge in [-0.05, 0) is 37.1 Å². The van der Waals surface area contributed by atoms with Crippen LogP contribution in [0.3, 0.4) is 0 Å². The summed E-state index contributed by atoms with van der Waals surface area (Å²) in [5, 5.41) is 2.09. The Kier molecular flexibility index (Phi) is 5.17. The highest BCUT2D eigenvalue weighted by molar-refractivity contribution is 6.50. The van der Waals surface area contributed by atoms with Gasteiger partial charge in [-0.3, -0.25) is 0 Å². The van der Waals surface area contributed by atoms with E-state index in [0.717, 1.165) is 11.7 Å². The lowest BCUT2D eigenvalue weighted by Gasteiger charge is -2.03. The molecule has 0 radical (unpaired) electrons. The van der Waals surface area contributed by atoms with Gasteiger partial charge in [-0.25, -0.2) is 0 Å². The molecule has 0 saturated carbocycles. The lowest BCUT2D eigenvalue weighted by Crippen LogP contribution is -2.34. The van der Waals surface area contributed by atoms with Crippen LogP contribution >= 0.6 is 11.6 Å². The highest BCUT2D eigenvalue weighted by Crippen LogP contribution is 2.18. The summed E-state index contributed by atoms with van der Waals surface area (Å²) in [7, 11) is -6.00. The third-order valence-corrected chi connectivity index (χ3v) is 2.84. The van der Waals surface area contributed by atoms with E-state index in [2.05, 4.69) is 36.6 Å². The Labute approximate surface area is 113 Å². The molecular weight excluding hydrogens is 280 g/mol. The molecule has 0 aliphatic carbocycles. The Hall–Kier alpha value is -1.30. The van der Waals surface area contributed by atoms with Crippen LogP contribution in [-0.4, -0.2) is 7.25 Å². The van der Waals surface area contributed by atoms with Crippen LogP contribution in [-0.2, 0) is 6.54 Å². The number of halogens is 5. The molecule has 7 heteroatoms. The standard InChI is InChI=1S/C12H13ClN.BF4/c1-3-14-11-7-5-4-6-10(11)9(2)8-12(14)13;2-1(3,4)5/h4-8H,3H2,1-2H3;/q+1;-1. The van der Waals surface area contributed by atoms with Gasteiger partial charge in [0.25, 0.3) is 5.15 Å². The van der Waals surface area contributed by atoms with Crippen LogP contribution in [0.4, 0.5) is 17.3 Å². The van der Waals surface area contributed by atoms with Crippen molar-refractivity contribution in [3.8, 4) is 0 Å². The van der Waals surface area contributed by atoms with E-state index in [1.165, 1.54) is 16.5 Å². The van der Waals surface area contributed by atoms with Gasteiger partial charge in [-0.15, -0.1) is 0 Å². The zero-order valence-corrected chi connectivity index (χ0v) is 11.3. The fourth-order valence-electron chi connectivity index (χ4n) is 1.81. The third kappa shape index (κ3) is 4.71.